The van der Waals surface area contributed by atoms with Crippen molar-refractivity contribution in [3.05, 3.63) is 37.6 Å². The van der Waals surface area contributed by atoms with Gasteiger partial charge in [-0.3, -0.25) is 9.89 Å². The van der Waals surface area contributed by atoms with E-state index < -0.39 is 0 Å². The molecule has 0 radical (unpaired) electrons. The molecule has 1 amide bonds. The Kier molecular flexibility index (Phi) is 5.05. The Hall–Kier alpha value is -1.36. The molecule has 10 heteroatoms. The summed E-state index contributed by atoms with van der Waals surface area (Å²) in [6, 6.07) is 2.03. The van der Waals surface area contributed by atoms with E-state index in [0.717, 1.165) is 20.1 Å². The monoisotopic (exact) mass is 429 g/mol. The fourth-order valence-corrected chi connectivity index (χ4v) is 4.35. The van der Waals surface area contributed by atoms with Crippen LogP contribution in [0.2, 0.25) is 0 Å². The van der Waals surface area contributed by atoms with Crippen molar-refractivity contribution < 1.29 is 4.79 Å². The van der Waals surface area contributed by atoms with E-state index in [1.54, 1.807) is 34.3 Å². The Balaban J connectivity index is 1.59. The van der Waals surface area contributed by atoms with Gasteiger partial charge >= 0.3 is 0 Å². The average molecular weight is 430 g/mol. The molecule has 0 aromatic carbocycles. The van der Waals surface area contributed by atoms with E-state index in [1.807, 2.05) is 16.8 Å². The number of nitrogens with one attached hydrogen (secondary N) is 2. The van der Waals surface area contributed by atoms with Crippen LogP contribution in [0.5, 0.6) is 0 Å². The van der Waals surface area contributed by atoms with Crippen molar-refractivity contribution in [1.29, 1.82) is 0 Å². The molecule has 0 spiro atoms. The summed E-state index contributed by atoms with van der Waals surface area (Å²) in [4.78, 5) is 17.6. The van der Waals surface area contributed by atoms with Gasteiger partial charge in [0.2, 0.25) is 5.91 Å². The third-order valence-electron chi connectivity index (χ3n) is 3.09. The highest BCUT2D eigenvalue weighted by molar-refractivity contribution is 9.10. The fraction of sp³-hybridized carbons (Fsp3) is 0.231. The normalized spacial score (nSPS) is 10.9. The third-order valence-corrected chi connectivity index (χ3v) is 6.20. The van der Waals surface area contributed by atoms with Crippen LogP contribution in [-0.2, 0) is 24.8 Å². The molecule has 6 nitrogen and oxygen atoms in total. The first-order valence-corrected chi connectivity index (χ1v) is 9.55. The lowest BCUT2D eigenvalue weighted by Gasteiger charge is -2.03. The second-order valence-corrected chi connectivity index (χ2v) is 7.80. The highest BCUT2D eigenvalue weighted by Crippen LogP contribution is 2.32. The van der Waals surface area contributed by atoms with Gasteiger partial charge in [-0.15, -0.1) is 22.7 Å². The molecule has 0 saturated carbocycles. The van der Waals surface area contributed by atoms with Crippen LogP contribution in [0.1, 0.15) is 11.5 Å². The van der Waals surface area contributed by atoms with Gasteiger partial charge in [-0.05, 0) is 34.2 Å². The summed E-state index contributed by atoms with van der Waals surface area (Å²) in [6.45, 7) is 0.331. The Morgan fingerprint density at radius 2 is 2.30 bits per heavy atom. The molecule has 3 aromatic rings. The average Bonchev–Trinajstić information content (AvgIpc) is 3.21. The second kappa shape index (κ2) is 7.04. The zero-order valence-corrected chi connectivity index (χ0v) is 16.0. The molecular weight excluding hydrogens is 418 g/mol. The van der Waals surface area contributed by atoms with Gasteiger partial charge in [0.25, 0.3) is 0 Å². The summed E-state index contributed by atoms with van der Waals surface area (Å²) in [7, 11) is 1.80. The number of hydrogen-bond donors (Lipinski definition) is 2. The highest BCUT2D eigenvalue weighted by Gasteiger charge is 2.11. The van der Waals surface area contributed by atoms with E-state index >= 15 is 0 Å². The Morgan fingerprint density at radius 3 is 2.96 bits per heavy atom. The smallest absolute Gasteiger partial charge is 0.226 e. The number of aromatic nitrogens is 4. The minimum absolute atomic E-state index is 0.0943. The molecule has 3 heterocycles. The molecule has 0 bridgehead atoms. The van der Waals surface area contributed by atoms with E-state index in [9.17, 15) is 4.79 Å². The van der Waals surface area contributed by atoms with Crippen LogP contribution in [0.4, 0.5) is 0 Å². The molecule has 23 heavy (non-hydrogen) atoms. The van der Waals surface area contributed by atoms with Crippen LogP contribution in [0, 0.1) is 4.77 Å². The quantitative estimate of drug-likeness (QED) is 0.610. The number of rotatable bonds is 5. The van der Waals surface area contributed by atoms with Gasteiger partial charge in [0.1, 0.15) is 5.01 Å². The summed E-state index contributed by atoms with van der Waals surface area (Å²) < 4.78 is 3.30. The molecule has 0 unspecified atom stereocenters. The van der Waals surface area contributed by atoms with Crippen molar-refractivity contribution in [3.8, 4) is 9.88 Å². The van der Waals surface area contributed by atoms with Crippen LogP contribution in [0.3, 0.4) is 0 Å². The number of H-pyrrole nitrogens is 1. The maximum atomic E-state index is 12.0. The molecule has 3 rings (SSSR count). The number of thiophene rings is 1. The van der Waals surface area contributed by atoms with Gasteiger partial charge in [0, 0.05) is 22.3 Å². The Labute approximate surface area is 153 Å². The zero-order chi connectivity index (χ0) is 16.4. The predicted octanol–water partition coefficient (Wildman–Crippen LogP) is 3.28. The van der Waals surface area contributed by atoms with Crippen LogP contribution in [-0.4, -0.2) is 25.7 Å². The van der Waals surface area contributed by atoms with Crippen molar-refractivity contribution in [3.63, 3.8) is 0 Å². The van der Waals surface area contributed by atoms with Crippen LogP contribution in [0.25, 0.3) is 9.88 Å². The largest absolute Gasteiger partial charge is 0.348 e. The number of carbonyl (C=O) groups excluding carboxylic acids is 1. The summed E-state index contributed by atoms with van der Waals surface area (Å²) >= 11 is 11.6. The maximum Gasteiger partial charge on any atom is 0.226 e. The standard InChI is InChI=1S/C13H12BrN5OS3/c1-19-10(17-18-13(19)21)4-15-11(20)3-8-6-23-12(16-8)9-2-7(14)5-22-9/h2,5-6H,3-4H2,1H3,(H,15,20)(H,18,21). The van der Waals surface area contributed by atoms with Gasteiger partial charge in [-0.2, -0.15) is 5.10 Å². The molecule has 2 N–H and O–H groups in total. The van der Waals surface area contributed by atoms with E-state index in [-0.39, 0.29) is 12.3 Å². The number of aromatic amines is 1. The van der Waals surface area contributed by atoms with Crippen molar-refractivity contribution >= 4 is 56.7 Å². The van der Waals surface area contributed by atoms with Crippen LogP contribution < -0.4 is 5.32 Å². The summed E-state index contributed by atoms with van der Waals surface area (Å²) in [5.74, 6) is 0.592. The Bertz CT molecular complexity index is 893. The van der Waals surface area contributed by atoms with Gasteiger partial charge in [0.15, 0.2) is 10.6 Å². The topological polar surface area (TPSA) is 75.6 Å². The summed E-state index contributed by atoms with van der Waals surface area (Å²) in [5, 5.41) is 14.4. The highest BCUT2D eigenvalue weighted by atomic mass is 79.9. The lowest BCUT2D eigenvalue weighted by molar-refractivity contribution is -0.120. The number of hydrogen-bond acceptors (Lipinski definition) is 6. The first kappa shape index (κ1) is 16.5. The van der Waals surface area contributed by atoms with E-state index in [0.29, 0.717) is 17.1 Å². The van der Waals surface area contributed by atoms with E-state index in [1.165, 1.54) is 0 Å². The molecule has 0 aliphatic rings. The molecule has 3 aromatic heterocycles. The number of halogens is 1. The lowest BCUT2D eigenvalue weighted by Crippen LogP contribution is -2.26. The number of amides is 1. The minimum Gasteiger partial charge on any atom is -0.348 e. The second-order valence-electron chi connectivity index (χ2n) is 4.73. The summed E-state index contributed by atoms with van der Waals surface area (Å²) in [5.41, 5.74) is 0.766. The van der Waals surface area contributed by atoms with Crippen LogP contribution >= 0.6 is 50.8 Å². The number of thiazole rings is 1. The number of carbonyl (C=O) groups is 1. The van der Waals surface area contributed by atoms with Gasteiger partial charge < -0.3 is 9.88 Å². The van der Waals surface area contributed by atoms with E-state index in [2.05, 4.69) is 36.4 Å². The molecular formula is C13H12BrN5OS3. The number of nitrogens with zero attached hydrogens (tertiary/aromatic N) is 3. The third kappa shape index (κ3) is 3.94. The molecule has 120 valence electrons. The van der Waals surface area contributed by atoms with Crippen molar-refractivity contribution in [2.75, 3.05) is 0 Å². The predicted molar refractivity (Wildman–Crippen MR) is 97.1 cm³/mol. The minimum atomic E-state index is -0.0943. The first-order chi connectivity index (χ1) is 11.0. The van der Waals surface area contributed by atoms with Gasteiger partial charge in [-0.25, -0.2) is 4.98 Å². The van der Waals surface area contributed by atoms with Gasteiger partial charge in [-0.1, -0.05) is 0 Å². The lowest BCUT2D eigenvalue weighted by atomic mass is 10.3. The van der Waals surface area contributed by atoms with Gasteiger partial charge in [0.05, 0.1) is 23.5 Å². The molecule has 0 aliphatic heterocycles. The maximum absolute atomic E-state index is 12.0. The van der Waals surface area contributed by atoms with E-state index in [4.69, 9.17) is 12.2 Å². The van der Waals surface area contributed by atoms with Crippen molar-refractivity contribution in [1.82, 2.24) is 25.1 Å². The summed E-state index contributed by atoms with van der Waals surface area (Å²) in [6.07, 6.45) is 0.248. The molecule has 0 saturated heterocycles. The van der Waals surface area contributed by atoms with Crippen LogP contribution in [0.15, 0.2) is 21.3 Å². The fourth-order valence-electron chi connectivity index (χ4n) is 1.87. The Morgan fingerprint density at radius 1 is 1.48 bits per heavy atom. The molecule has 0 aliphatic carbocycles. The molecule has 0 atom stereocenters. The van der Waals surface area contributed by atoms with Crippen molar-refractivity contribution in [2.45, 2.75) is 13.0 Å². The zero-order valence-electron chi connectivity index (χ0n) is 12.0. The van der Waals surface area contributed by atoms with Crippen molar-refractivity contribution in [2.24, 2.45) is 7.05 Å². The molecule has 0 fully saturated rings. The first-order valence-electron chi connectivity index (χ1n) is 6.58. The SMILES string of the molecule is Cn1c(CNC(=O)Cc2csc(-c3cc(Br)cs3)n2)n[nH]c1=S.